The molecule has 0 aliphatic heterocycles. The van der Waals surface area contributed by atoms with Crippen molar-refractivity contribution in [3.8, 4) is 34.5 Å². The topological polar surface area (TPSA) is 72.5 Å². The minimum Gasteiger partial charge on any atom is -0.495 e. The Morgan fingerprint density at radius 3 is 1.62 bits per heavy atom. The summed E-state index contributed by atoms with van der Waals surface area (Å²) in [7, 11) is 7.89. The Bertz CT molecular complexity index is 1540. The highest BCUT2D eigenvalue weighted by Gasteiger charge is 2.24. The van der Waals surface area contributed by atoms with Gasteiger partial charge in [0, 0.05) is 21.9 Å². The molecular formula is C29H29BrO7. The molecule has 4 aromatic rings. The Hall–Kier alpha value is -3.65. The molecule has 0 aliphatic rings. The molecule has 194 valence electrons. The van der Waals surface area contributed by atoms with Crippen molar-refractivity contribution in [2.45, 2.75) is 20.8 Å². The van der Waals surface area contributed by atoms with Gasteiger partial charge >= 0.3 is 5.97 Å². The van der Waals surface area contributed by atoms with Crippen molar-refractivity contribution in [2.24, 2.45) is 0 Å². The lowest BCUT2D eigenvalue weighted by Crippen LogP contribution is -2.11. The number of rotatable bonds is 7. The highest BCUT2D eigenvalue weighted by atomic mass is 79.9. The van der Waals surface area contributed by atoms with Gasteiger partial charge in [0.1, 0.15) is 11.5 Å². The molecule has 0 fully saturated rings. The van der Waals surface area contributed by atoms with Gasteiger partial charge in [-0.15, -0.1) is 0 Å². The van der Waals surface area contributed by atoms with Crippen LogP contribution in [-0.2, 0) is 0 Å². The SMILES string of the molecule is COc1cc2c(OC(=O)c3cc4c(C)c(OC)c(OC)cc4c(OC)c3Br)cc(C)cc2c(C)c1OC. The van der Waals surface area contributed by atoms with E-state index in [0.29, 0.717) is 44.5 Å². The lowest BCUT2D eigenvalue weighted by Gasteiger charge is -2.19. The summed E-state index contributed by atoms with van der Waals surface area (Å²) in [5, 5.41) is 3.19. The summed E-state index contributed by atoms with van der Waals surface area (Å²) in [5.74, 6) is 2.71. The molecule has 0 bridgehead atoms. The zero-order valence-electron chi connectivity index (χ0n) is 22.1. The van der Waals surface area contributed by atoms with Crippen LogP contribution in [0.15, 0.2) is 34.8 Å². The second-order valence-electron chi connectivity index (χ2n) is 8.59. The van der Waals surface area contributed by atoms with E-state index >= 15 is 0 Å². The quantitative estimate of drug-likeness (QED) is 0.176. The normalized spacial score (nSPS) is 10.9. The average Bonchev–Trinajstić information content (AvgIpc) is 2.88. The maximum Gasteiger partial charge on any atom is 0.344 e. The maximum atomic E-state index is 13.6. The van der Waals surface area contributed by atoms with Crippen LogP contribution in [0.4, 0.5) is 0 Å². The van der Waals surface area contributed by atoms with Crippen molar-refractivity contribution >= 4 is 43.4 Å². The van der Waals surface area contributed by atoms with Crippen molar-refractivity contribution < 1.29 is 33.2 Å². The number of hydrogen-bond acceptors (Lipinski definition) is 7. The van der Waals surface area contributed by atoms with Gasteiger partial charge in [-0.3, -0.25) is 0 Å². The second-order valence-corrected chi connectivity index (χ2v) is 9.38. The lowest BCUT2D eigenvalue weighted by atomic mass is 9.99. The third-order valence-corrected chi connectivity index (χ3v) is 7.30. The molecule has 0 heterocycles. The molecule has 4 aromatic carbocycles. The Morgan fingerprint density at radius 2 is 1.11 bits per heavy atom. The molecule has 0 saturated carbocycles. The Balaban J connectivity index is 1.91. The molecule has 0 amide bonds. The van der Waals surface area contributed by atoms with Gasteiger partial charge < -0.3 is 28.4 Å². The first kappa shape index (κ1) is 26.4. The molecule has 0 atom stereocenters. The standard InChI is InChI=1S/C29H29BrO7/c1-14-9-17-15(2)26(34-6)23(32-4)12-19(17)22(10-14)37-29(31)21-11-18-16(3)27(35-7)24(33-5)13-20(18)28(36-8)25(21)30/h9-13H,1-8H3. The first-order valence-electron chi connectivity index (χ1n) is 11.5. The highest BCUT2D eigenvalue weighted by molar-refractivity contribution is 9.10. The van der Waals surface area contributed by atoms with Gasteiger partial charge in [0.05, 0.1) is 45.6 Å². The van der Waals surface area contributed by atoms with Crippen LogP contribution in [0.3, 0.4) is 0 Å². The lowest BCUT2D eigenvalue weighted by molar-refractivity contribution is 0.0736. The number of fused-ring (bicyclic) bond motifs is 2. The minimum absolute atomic E-state index is 0.312. The molecule has 37 heavy (non-hydrogen) atoms. The molecule has 0 aliphatic carbocycles. The predicted octanol–water partition coefficient (Wildman–Crippen LogP) is 6.94. The van der Waals surface area contributed by atoms with Crippen molar-refractivity contribution in [3.63, 3.8) is 0 Å². The fraction of sp³-hybridized carbons (Fsp3) is 0.276. The highest BCUT2D eigenvalue weighted by Crippen LogP contribution is 2.45. The van der Waals surface area contributed by atoms with E-state index in [0.717, 1.165) is 38.2 Å². The maximum absolute atomic E-state index is 13.6. The van der Waals surface area contributed by atoms with E-state index < -0.39 is 5.97 Å². The first-order chi connectivity index (χ1) is 17.7. The molecular weight excluding hydrogens is 540 g/mol. The van der Waals surface area contributed by atoms with Gasteiger partial charge in [0.15, 0.2) is 23.0 Å². The van der Waals surface area contributed by atoms with Gasteiger partial charge in [-0.1, -0.05) is 6.07 Å². The zero-order chi connectivity index (χ0) is 27.0. The van der Waals surface area contributed by atoms with E-state index in [9.17, 15) is 4.79 Å². The Labute approximate surface area is 224 Å². The first-order valence-corrected chi connectivity index (χ1v) is 12.3. The van der Waals surface area contributed by atoms with E-state index in [1.54, 1.807) is 41.6 Å². The van der Waals surface area contributed by atoms with Crippen LogP contribution in [0.2, 0.25) is 0 Å². The summed E-state index contributed by atoms with van der Waals surface area (Å²) in [5.41, 5.74) is 2.95. The molecule has 0 saturated heterocycles. The number of esters is 1. The number of aryl methyl sites for hydroxylation is 3. The van der Waals surface area contributed by atoms with Crippen LogP contribution in [0.5, 0.6) is 34.5 Å². The van der Waals surface area contributed by atoms with E-state index in [-0.39, 0.29) is 0 Å². The number of ether oxygens (including phenoxy) is 6. The van der Waals surface area contributed by atoms with Gasteiger partial charge in [-0.2, -0.15) is 0 Å². The van der Waals surface area contributed by atoms with Gasteiger partial charge in [0.25, 0.3) is 0 Å². The Kier molecular flexibility index (Phi) is 7.41. The van der Waals surface area contributed by atoms with Crippen LogP contribution in [0.1, 0.15) is 27.0 Å². The largest absolute Gasteiger partial charge is 0.495 e. The van der Waals surface area contributed by atoms with Crippen LogP contribution in [-0.4, -0.2) is 41.5 Å². The summed E-state index contributed by atoms with van der Waals surface area (Å²) in [4.78, 5) is 13.6. The summed E-state index contributed by atoms with van der Waals surface area (Å²) in [6.45, 7) is 5.80. The number of halogens is 1. The number of methoxy groups -OCH3 is 5. The second kappa shape index (κ2) is 10.4. The number of benzene rings is 4. The smallest absolute Gasteiger partial charge is 0.344 e. The minimum atomic E-state index is -0.541. The van der Waals surface area contributed by atoms with E-state index in [1.165, 1.54) is 0 Å². The molecule has 0 spiro atoms. The van der Waals surface area contributed by atoms with Crippen LogP contribution in [0, 0.1) is 20.8 Å². The monoisotopic (exact) mass is 568 g/mol. The van der Waals surface area contributed by atoms with Crippen molar-refractivity contribution in [2.75, 3.05) is 35.5 Å². The summed E-state index contributed by atoms with van der Waals surface area (Å²) >= 11 is 3.57. The van der Waals surface area contributed by atoms with E-state index in [4.69, 9.17) is 28.4 Å². The zero-order valence-corrected chi connectivity index (χ0v) is 23.7. The van der Waals surface area contributed by atoms with Crippen LogP contribution in [0.25, 0.3) is 21.5 Å². The molecule has 0 aromatic heterocycles. The molecule has 8 heteroatoms. The molecule has 0 radical (unpaired) electrons. The van der Waals surface area contributed by atoms with E-state index in [1.807, 2.05) is 45.0 Å². The fourth-order valence-corrected chi connectivity index (χ4v) is 5.38. The average molecular weight is 569 g/mol. The van der Waals surface area contributed by atoms with Crippen LogP contribution < -0.4 is 28.4 Å². The Morgan fingerprint density at radius 1 is 0.595 bits per heavy atom. The van der Waals surface area contributed by atoms with Crippen molar-refractivity contribution in [3.05, 3.63) is 57.1 Å². The van der Waals surface area contributed by atoms with Crippen molar-refractivity contribution in [1.29, 1.82) is 0 Å². The van der Waals surface area contributed by atoms with Crippen molar-refractivity contribution in [1.82, 2.24) is 0 Å². The predicted molar refractivity (Wildman–Crippen MR) is 148 cm³/mol. The van der Waals surface area contributed by atoms with Gasteiger partial charge in [-0.25, -0.2) is 4.79 Å². The van der Waals surface area contributed by atoms with E-state index in [2.05, 4.69) is 15.9 Å². The summed E-state index contributed by atoms with van der Waals surface area (Å²) in [6.07, 6.45) is 0. The van der Waals surface area contributed by atoms with Gasteiger partial charge in [-0.05, 0) is 77.3 Å². The number of carbonyl (C=O) groups is 1. The molecule has 0 N–H and O–H groups in total. The number of carbonyl (C=O) groups excluding carboxylic acids is 1. The molecule has 0 unspecified atom stereocenters. The molecule has 7 nitrogen and oxygen atoms in total. The fourth-order valence-electron chi connectivity index (χ4n) is 4.73. The summed E-state index contributed by atoms with van der Waals surface area (Å²) in [6, 6.07) is 9.28. The third kappa shape index (κ3) is 4.39. The molecule has 4 rings (SSSR count). The summed E-state index contributed by atoms with van der Waals surface area (Å²) < 4.78 is 34.4. The van der Waals surface area contributed by atoms with Crippen LogP contribution >= 0.6 is 15.9 Å². The number of hydrogen-bond donors (Lipinski definition) is 0. The third-order valence-electron chi connectivity index (χ3n) is 6.51. The van der Waals surface area contributed by atoms with Gasteiger partial charge in [0.2, 0.25) is 0 Å².